The lowest BCUT2D eigenvalue weighted by Crippen LogP contribution is -2.44. The zero-order valence-electron chi connectivity index (χ0n) is 15.1. The first-order valence-corrected chi connectivity index (χ1v) is 9.77. The molecule has 0 saturated carbocycles. The molecule has 3 nitrogen and oxygen atoms in total. The summed E-state index contributed by atoms with van der Waals surface area (Å²) in [6.45, 7) is 3.93. The predicted octanol–water partition coefficient (Wildman–Crippen LogP) is 5.19. The van der Waals surface area contributed by atoms with Crippen LogP contribution in [-0.2, 0) is 9.59 Å². The number of nitrogens with zero attached hydrogens (tertiary/aromatic N) is 1. The van der Waals surface area contributed by atoms with Crippen LogP contribution in [0.15, 0.2) is 46.3 Å². The second-order valence-electron chi connectivity index (χ2n) is 7.94. The molecular formula is C21H19F2NO2S. The molecule has 1 atom stereocenters. The lowest BCUT2D eigenvalue weighted by atomic mass is 9.69. The van der Waals surface area contributed by atoms with Crippen molar-refractivity contribution in [2.45, 2.75) is 39.0 Å². The van der Waals surface area contributed by atoms with Crippen molar-refractivity contribution in [3.63, 3.8) is 0 Å². The van der Waals surface area contributed by atoms with Crippen molar-refractivity contribution in [1.82, 2.24) is 0 Å². The molecule has 2 aromatic rings. The van der Waals surface area contributed by atoms with Crippen LogP contribution in [0.4, 0.5) is 14.5 Å². The number of hydrogen-bond donors (Lipinski definition) is 0. The first kappa shape index (κ1) is 18.0. The van der Waals surface area contributed by atoms with Crippen LogP contribution < -0.4 is 4.90 Å². The first-order valence-electron chi connectivity index (χ1n) is 8.83. The van der Waals surface area contributed by atoms with Gasteiger partial charge in [-0.2, -0.15) is 11.3 Å². The molecular weight excluding hydrogens is 368 g/mol. The lowest BCUT2D eigenvalue weighted by Gasteiger charge is -2.42. The fourth-order valence-corrected chi connectivity index (χ4v) is 4.83. The molecule has 1 aromatic carbocycles. The summed E-state index contributed by atoms with van der Waals surface area (Å²) < 4.78 is 27.9. The molecule has 27 heavy (non-hydrogen) atoms. The highest BCUT2D eigenvalue weighted by atomic mass is 32.1. The number of benzene rings is 1. The molecule has 0 N–H and O–H groups in total. The zero-order chi connectivity index (χ0) is 19.3. The van der Waals surface area contributed by atoms with Gasteiger partial charge in [-0.05, 0) is 46.4 Å². The van der Waals surface area contributed by atoms with Gasteiger partial charge in [0, 0.05) is 36.1 Å². The van der Waals surface area contributed by atoms with Crippen LogP contribution in [0.3, 0.4) is 0 Å². The third-order valence-electron chi connectivity index (χ3n) is 5.24. The zero-order valence-corrected chi connectivity index (χ0v) is 15.9. The van der Waals surface area contributed by atoms with Crippen molar-refractivity contribution in [2.75, 3.05) is 4.90 Å². The smallest absolute Gasteiger partial charge is 0.232 e. The molecule has 140 valence electrons. The summed E-state index contributed by atoms with van der Waals surface area (Å²) in [7, 11) is 0. The van der Waals surface area contributed by atoms with Crippen LogP contribution in [-0.4, -0.2) is 11.7 Å². The molecule has 2 heterocycles. The van der Waals surface area contributed by atoms with Crippen molar-refractivity contribution in [3.8, 4) is 0 Å². The number of thiophene rings is 1. The van der Waals surface area contributed by atoms with E-state index < -0.39 is 11.6 Å². The monoisotopic (exact) mass is 387 g/mol. The number of halogens is 2. The normalized spacial score (nSPS) is 22.2. The fraction of sp³-hybridized carbons (Fsp3) is 0.333. The highest BCUT2D eigenvalue weighted by Crippen LogP contribution is 2.48. The SMILES string of the molecule is CC1(C)CC(=O)C2=C(C1)N(c1ccc(F)cc1F)C(=O)C[C@H]2c1ccsc1. The van der Waals surface area contributed by atoms with E-state index in [9.17, 15) is 18.4 Å². The molecule has 0 saturated heterocycles. The third-order valence-corrected chi connectivity index (χ3v) is 5.94. The maximum Gasteiger partial charge on any atom is 0.232 e. The Balaban J connectivity index is 1.92. The van der Waals surface area contributed by atoms with Crippen molar-refractivity contribution >= 4 is 28.7 Å². The molecule has 2 aliphatic rings. The van der Waals surface area contributed by atoms with Gasteiger partial charge in [0.05, 0.1) is 5.69 Å². The van der Waals surface area contributed by atoms with E-state index in [1.54, 1.807) is 0 Å². The molecule has 0 bridgehead atoms. The Bertz CT molecular complexity index is 963. The molecule has 0 radical (unpaired) electrons. The number of Topliss-reactive ketones (excluding diaryl/α,β-unsaturated/α-hetero) is 1. The molecule has 1 aromatic heterocycles. The molecule has 0 unspecified atom stereocenters. The average Bonchev–Trinajstić information content (AvgIpc) is 3.08. The van der Waals surface area contributed by atoms with Gasteiger partial charge in [-0.3, -0.25) is 14.5 Å². The van der Waals surface area contributed by atoms with Gasteiger partial charge in [0.25, 0.3) is 0 Å². The van der Waals surface area contributed by atoms with Gasteiger partial charge >= 0.3 is 0 Å². The fourth-order valence-electron chi connectivity index (χ4n) is 4.12. The number of amides is 1. The number of carbonyl (C=O) groups is 2. The van der Waals surface area contributed by atoms with E-state index in [-0.39, 0.29) is 35.1 Å². The predicted molar refractivity (Wildman–Crippen MR) is 101 cm³/mol. The molecule has 4 rings (SSSR count). The van der Waals surface area contributed by atoms with E-state index in [0.29, 0.717) is 24.1 Å². The summed E-state index contributed by atoms with van der Waals surface area (Å²) in [4.78, 5) is 27.4. The number of rotatable bonds is 2. The number of anilines is 1. The Hall–Kier alpha value is -2.34. The van der Waals surface area contributed by atoms with Gasteiger partial charge in [0.2, 0.25) is 5.91 Å². The van der Waals surface area contributed by atoms with E-state index in [2.05, 4.69) is 0 Å². The van der Waals surface area contributed by atoms with E-state index in [4.69, 9.17) is 0 Å². The molecule has 1 aliphatic heterocycles. The molecule has 1 aliphatic carbocycles. The van der Waals surface area contributed by atoms with E-state index in [1.165, 1.54) is 22.3 Å². The standard InChI is InChI=1S/C21H19F2NO2S/c1-21(2)9-17-20(18(25)10-21)14(12-5-6-27-11-12)8-19(26)24(17)16-4-3-13(22)7-15(16)23/h3-7,11,14H,8-10H2,1-2H3/t14-/m0/s1. The summed E-state index contributed by atoms with van der Waals surface area (Å²) >= 11 is 1.52. The van der Waals surface area contributed by atoms with E-state index >= 15 is 0 Å². The minimum absolute atomic E-state index is 0.00234. The minimum Gasteiger partial charge on any atom is -0.294 e. The summed E-state index contributed by atoms with van der Waals surface area (Å²) in [6, 6.07) is 5.09. The van der Waals surface area contributed by atoms with E-state index in [0.717, 1.165) is 17.7 Å². The number of carbonyl (C=O) groups excluding carboxylic acids is 2. The number of ketones is 1. The quantitative estimate of drug-likeness (QED) is 0.711. The maximum absolute atomic E-state index is 14.5. The van der Waals surface area contributed by atoms with Crippen LogP contribution in [0.2, 0.25) is 0 Å². The van der Waals surface area contributed by atoms with Crippen LogP contribution in [0.5, 0.6) is 0 Å². The number of hydrogen-bond acceptors (Lipinski definition) is 3. The Morgan fingerprint density at radius 3 is 2.59 bits per heavy atom. The number of allylic oxidation sites excluding steroid dienone is 2. The topological polar surface area (TPSA) is 37.4 Å². The van der Waals surface area contributed by atoms with Gasteiger partial charge in [-0.25, -0.2) is 8.78 Å². The lowest BCUT2D eigenvalue weighted by molar-refractivity contribution is -0.121. The summed E-state index contributed by atoms with van der Waals surface area (Å²) in [5.41, 5.74) is 1.75. The molecule has 6 heteroatoms. The second-order valence-corrected chi connectivity index (χ2v) is 8.72. The van der Waals surface area contributed by atoms with Gasteiger partial charge in [-0.15, -0.1) is 0 Å². The summed E-state index contributed by atoms with van der Waals surface area (Å²) in [5, 5.41) is 3.87. The second kappa shape index (κ2) is 6.37. The van der Waals surface area contributed by atoms with Crippen molar-refractivity contribution in [1.29, 1.82) is 0 Å². The highest BCUT2D eigenvalue weighted by Gasteiger charge is 2.44. The van der Waals surface area contributed by atoms with Crippen molar-refractivity contribution in [3.05, 3.63) is 63.5 Å². The summed E-state index contributed by atoms with van der Waals surface area (Å²) in [6.07, 6.45) is 0.968. The first-order chi connectivity index (χ1) is 12.8. The Morgan fingerprint density at radius 1 is 1.15 bits per heavy atom. The van der Waals surface area contributed by atoms with Crippen LogP contribution in [0.25, 0.3) is 0 Å². The van der Waals surface area contributed by atoms with Crippen LogP contribution in [0, 0.1) is 17.0 Å². The van der Waals surface area contributed by atoms with Gasteiger partial charge < -0.3 is 0 Å². The maximum atomic E-state index is 14.5. The van der Waals surface area contributed by atoms with Gasteiger partial charge in [0.15, 0.2) is 5.78 Å². The highest BCUT2D eigenvalue weighted by molar-refractivity contribution is 7.08. The average molecular weight is 387 g/mol. The third kappa shape index (κ3) is 3.12. The van der Waals surface area contributed by atoms with Crippen LogP contribution >= 0.6 is 11.3 Å². The summed E-state index contributed by atoms with van der Waals surface area (Å²) in [5.74, 6) is -2.09. The Kier molecular flexibility index (Phi) is 4.26. The van der Waals surface area contributed by atoms with Crippen molar-refractivity contribution < 1.29 is 18.4 Å². The van der Waals surface area contributed by atoms with E-state index in [1.807, 2.05) is 30.7 Å². The van der Waals surface area contributed by atoms with Crippen LogP contribution in [0.1, 0.15) is 44.6 Å². The molecule has 1 amide bonds. The minimum atomic E-state index is -0.806. The van der Waals surface area contributed by atoms with Gasteiger partial charge in [0.1, 0.15) is 11.6 Å². The molecule has 0 fully saturated rings. The van der Waals surface area contributed by atoms with Crippen molar-refractivity contribution in [2.24, 2.45) is 5.41 Å². The largest absolute Gasteiger partial charge is 0.294 e. The molecule has 0 spiro atoms. The Morgan fingerprint density at radius 2 is 1.93 bits per heavy atom. The van der Waals surface area contributed by atoms with Gasteiger partial charge in [-0.1, -0.05) is 13.8 Å². The Labute approximate surface area is 160 Å².